The van der Waals surface area contributed by atoms with Crippen molar-refractivity contribution in [1.29, 1.82) is 0 Å². The van der Waals surface area contributed by atoms with Gasteiger partial charge in [0, 0.05) is 5.41 Å². The lowest BCUT2D eigenvalue weighted by atomic mass is 9.54. The Morgan fingerprint density at radius 2 is 1.67 bits per heavy atom. The third-order valence-electron chi connectivity index (χ3n) is 4.72. The average molecular weight is 277 g/mol. The van der Waals surface area contributed by atoms with Crippen molar-refractivity contribution >= 4 is 16.1 Å². The molecule has 3 fully saturated rings. The third kappa shape index (κ3) is 1.94. The average Bonchev–Trinajstić information content (AvgIpc) is 2.38. The van der Waals surface area contributed by atoms with E-state index in [-0.39, 0.29) is 5.97 Å². The zero-order chi connectivity index (χ0) is 13.6. The van der Waals surface area contributed by atoms with E-state index in [1.54, 1.807) is 0 Å². The van der Waals surface area contributed by atoms with Crippen molar-refractivity contribution in [3.05, 3.63) is 0 Å². The first-order chi connectivity index (χ1) is 8.26. The molecule has 7 heteroatoms. The van der Waals surface area contributed by atoms with Crippen molar-refractivity contribution in [2.24, 2.45) is 10.8 Å². The largest absolute Gasteiger partial charge is 0.746 e. The molecule has 1 unspecified atom stereocenters. The summed E-state index contributed by atoms with van der Waals surface area (Å²) in [6.07, 6.45) is 2.57. The predicted octanol–water partition coefficient (Wildman–Crippen LogP) is 0.364. The van der Waals surface area contributed by atoms with Crippen LogP contribution in [0.2, 0.25) is 0 Å². The zero-order valence-corrected chi connectivity index (χ0v) is 11.0. The van der Waals surface area contributed by atoms with E-state index in [4.69, 9.17) is 4.74 Å². The van der Waals surface area contributed by atoms with Gasteiger partial charge in [-0.25, -0.2) is 8.42 Å². The third-order valence-corrected chi connectivity index (χ3v) is 5.77. The van der Waals surface area contributed by atoms with Gasteiger partial charge in [0.15, 0.2) is 0 Å². The highest BCUT2D eigenvalue weighted by atomic mass is 32.2. The smallest absolute Gasteiger partial charge is 0.311 e. The number of esters is 1. The van der Waals surface area contributed by atoms with Crippen molar-refractivity contribution in [1.82, 2.24) is 0 Å². The zero-order valence-electron chi connectivity index (χ0n) is 10.2. The number of hydrogen-bond acceptors (Lipinski definition) is 6. The molecule has 3 rings (SSSR count). The molecular weight excluding hydrogens is 260 g/mol. The highest BCUT2D eigenvalue weighted by Crippen LogP contribution is 2.59. The van der Waals surface area contributed by atoms with Crippen molar-refractivity contribution in [3.8, 4) is 0 Å². The van der Waals surface area contributed by atoms with E-state index in [1.807, 2.05) is 0 Å². The Bertz CT molecular complexity index is 430. The van der Waals surface area contributed by atoms with E-state index in [0.29, 0.717) is 38.5 Å². The van der Waals surface area contributed by atoms with Crippen LogP contribution >= 0.6 is 0 Å². The topological polar surface area (TPSA) is 104 Å². The van der Waals surface area contributed by atoms with Gasteiger partial charge in [-0.3, -0.25) is 4.79 Å². The Morgan fingerprint density at radius 3 is 2.00 bits per heavy atom. The molecule has 3 aliphatic rings. The van der Waals surface area contributed by atoms with Crippen LogP contribution in [-0.2, 0) is 19.6 Å². The van der Waals surface area contributed by atoms with Crippen molar-refractivity contribution in [3.63, 3.8) is 0 Å². The van der Waals surface area contributed by atoms with Gasteiger partial charge < -0.3 is 14.4 Å². The number of hydrogen-bond donors (Lipinski definition) is 1. The Labute approximate surface area is 106 Å². The first kappa shape index (κ1) is 13.8. The van der Waals surface area contributed by atoms with Gasteiger partial charge in [-0.05, 0) is 38.5 Å². The first-order valence-corrected chi connectivity index (χ1v) is 7.44. The lowest BCUT2D eigenvalue weighted by Gasteiger charge is -2.53. The molecule has 104 valence electrons. The summed E-state index contributed by atoms with van der Waals surface area (Å²) in [6.45, 7) is 0. The normalized spacial score (nSPS) is 37.3. The SMILES string of the molecule is COC(=O)C12CCC(C(O)S(=O)(=O)[O-])(CC1)CC2. The minimum atomic E-state index is -4.70. The monoisotopic (exact) mass is 277 g/mol. The summed E-state index contributed by atoms with van der Waals surface area (Å²) in [5.41, 5.74) is -3.26. The maximum Gasteiger partial charge on any atom is 0.311 e. The van der Waals surface area contributed by atoms with E-state index in [1.165, 1.54) is 7.11 Å². The number of carbonyl (C=O) groups excluding carboxylic acids is 1. The van der Waals surface area contributed by atoms with Crippen LogP contribution in [0.25, 0.3) is 0 Å². The van der Waals surface area contributed by atoms with Gasteiger partial charge in [0.1, 0.15) is 15.6 Å². The number of fused-ring (bicyclic) bond motifs is 3. The molecule has 0 aromatic rings. The lowest BCUT2D eigenvalue weighted by Crippen LogP contribution is -2.52. The molecule has 2 bridgehead atoms. The summed E-state index contributed by atoms with van der Waals surface area (Å²) in [6, 6.07) is 0. The van der Waals surface area contributed by atoms with Crippen LogP contribution < -0.4 is 0 Å². The molecule has 0 aliphatic heterocycles. The molecular formula is C11H17O6S-. The second-order valence-corrected chi connectivity index (χ2v) is 6.91. The van der Waals surface area contributed by atoms with Crippen molar-refractivity contribution < 1.29 is 27.6 Å². The summed E-state index contributed by atoms with van der Waals surface area (Å²) in [7, 11) is -3.37. The number of rotatable bonds is 3. The standard InChI is InChI=1S/C11H18O6S/c1-17-8(12)10-2-5-11(6-3-10,7-4-10)9(13)18(14,15)16/h9,13H,2-7H2,1H3,(H,14,15,16)/p-1. The van der Waals surface area contributed by atoms with Crippen molar-refractivity contribution in [2.45, 2.75) is 44.0 Å². The van der Waals surface area contributed by atoms with Crippen LogP contribution in [0.15, 0.2) is 0 Å². The molecule has 1 atom stereocenters. The van der Waals surface area contributed by atoms with E-state index in [2.05, 4.69) is 0 Å². The van der Waals surface area contributed by atoms with Gasteiger partial charge >= 0.3 is 5.97 Å². The fourth-order valence-corrected chi connectivity index (χ4v) is 4.38. The number of ether oxygens (including phenoxy) is 1. The Morgan fingerprint density at radius 1 is 1.22 bits per heavy atom. The second-order valence-electron chi connectivity index (χ2n) is 5.48. The van der Waals surface area contributed by atoms with E-state index < -0.39 is 26.4 Å². The Hall–Kier alpha value is -0.660. The molecule has 0 saturated heterocycles. The Kier molecular flexibility index (Phi) is 3.19. The molecule has 1 N–H and O–H groups in total. The van der Waals surface area contributed by atoms with E-state index in [0.717, 1.165) is 0 Å². The highest BCUT2D eigenvalue weighted by Gasteiger charge is 2.56. The molecule has 0 radical (unpaired) electrons. The maximum atomic E-state index is 11.8. The molecule has 0 aromatic carbocycles. The molecule has 0 heterocycles. The maximum absolute atomic E-state index is 11.8. The van der Waals surface area contributed by atoms with Crippen LogP contribution in [0.5, 0.6) is 0 Å². The van der Waals surface area contributed by atoms with E-state index in [9.17, 15) is 22.9 Å². The molecule has 3 aliphatic carbocycles. The molecule has 0 spiro atoms. The fourth-order valence-electron chi connectivity index (χ4n) is 3.41. The lowest BCUT2D eigenvalue weighted by molar-refractivity contribution is -0.165. The van der Waals surface area contributed by atoms with Gasteiger partial charge in [-0.15, -0.1) is 0 Å². The minimum absolute atomic E-state index is 0.268. The first-order valence-electron chi connectivity index (χ1n) is 5.97. The summed E-state index contributed by atoms with van der Waals surface area (Å²) < 4.78 is 37.7. The predicted molar refractivity (Wildman–Crippen MR) is 60.3 cm³/mol. The highest BCUT2D eigenvalue weighted by molar-refractivity contribution is 7.86. The molecule has 0 aromatic heterocycles. The van der Waals surface area contributed by atoms with Crippen LogP contribution in [0.4, 0.5) is 0 Å². The summed E-state index contributed by atoms with van der Waals surface area (Å²) >= 11 is 0. The van der Waals surface area contributed by atoms with Crippen LogP contribution in [0.3, 0.4) is 0 Å². The van der Waals surface area contributed by atoms with Crippen molar-refractivity contribution in [2.75, 3.05) is 7.11 Å². The second kappa shape index (κ2) is 4.18. The molecule has 18 heavy (non-hydrogen) atoms. The van der Waals surface area contributed by atoms with Crippen LogP contribution in [-0.4, -0.2) is 36.6 Å². The summed E-state index contributed by atoms with van der Waals surface area (Å²) in [5, 5.41) is 9.75. The van der Waals surface area contributed by atoms with Gasteiger partial charge in [0.05, 0.1) is 12.5 Å². The number of carbonyl (C=O) groups is 1. The summed E-state index contributed by atoms with van der Waals surface area (Å²) in [5.74, 6) is -0.268. The number of aliphatic hydroxyl groups is 1. The van der Waals surface area contributed by atoms with E-state index >= 15 is 0 Å². The summed E-state index contributed by atoms with van der Waals surface area (Å²) in [4.78, 5) is 11.8. The quantitative estimate of drug-likeness (QED) is 0.590. The van der Waals surface area contributed by atoms with Crippen LogP contribution in [0.1, 0.15) is 38.5 Å². The number of aliphatic hydroxyl groups excluding tert-OH is 1. The van der Waals surface area contributed by atoms with Crippen LogP contribution in [0, 0.1) is 10.8 Å². The van der Waals surface area contributed by atoms with Gasteiger partial charge in [0.25, 0.3) is 0 Å². The molecule has 0 amide bonds. The Balaban J connectivity index is 2.20. The fraction of sp³-hybridized carbons (Fsp3) is 0.909. The molecule has 3 saturated carbocycles. The van der Waals surface area contributed by atoms with Gasteiger partial charge in [0.2, 0.25) is 0 Å². The van der Waals surface area contributed by atoms with Gasteiger partial charge in [-0.2, -0.15) is 0 Å². The molecule has 6 nitrogen and oxygen atoms in total. The minimum Gasteiger partial charge on any atom is -0.746 e. The number of methoxy groups -OCH3 is 1. The van der Waals surface area contributed by atoms with Gasteiger partial charge in [-0.1, -0.05) is 0 Å².